The molecule has 0 aliphatic heterocycles. The Labute approximate surface area is 98.7 Å². The molecule has 0 atom stereocenters. The van der Waals surface area contributed by atoms with Crippen molar-refractivity contribution in [3.63, 3.8) is 0 Å². The summed E-state index contributed by atoms with van der Waals surface area (Å²) in [5.74, 6) is 0.846. The van der Waals surface area contributed by atoms with Crippen LogP contribution in [0.3, 0.4) is 0 Å². The third-order valence-electron chi connectivity index (χ3n) is 2.19. The van der Waals surface area contributed by atoms with E-state index in [1.807, 2.05) is 13.0 Å². The van der Waals surface area contributed by atoms with Gasteiger partial charge in [0.2, 0.25) is 0 Å². The molecule has 2 rings (SSSR count). The lowest BCUT2D eigenvalue weighted by molar-refractivity contribution is 0.388. The zero-order chi connectivity index (χ0) is 11.4. The fraction of sp³-hybridized carbons (Fsp3) is 0.455. The van der Waals surface area contributed by atoms with E-state index in [2.05, 4.69) is 27.8 Å². The topological polar surface area (TPSA) is 51.0 Å². The predicted molar refractivity (Wildman–Crippen MR) is 63.3 cm³/mol. The van der Waals surface area contributed by atoms with Gasteiger partial charge in [-0.25, -0.2) is 4.98 Å². The minimum absolute atomic E-state index is 0.719. The highest BCUT2D eigenvalue weighted by Crippen LogP contribution is 2.10. The van der Waals surface area contributed by atoms with Crippen molar-refractivity contribution in [2.75, 3.05) is 0 Å². The highest BCUT2D eigenvalue weighted by molar-refractivity contribution is 7.09. The van der Waals surface area contributed by atoms with Crippen LogP contribution in [0.15, 0.2) is 16.0 Å². The molecular weight excluding hydrogens is 222 g/mol. The quantitative estimate of drug-likeness (QED) is 0.867. The molecule has 0 amide bonds. The fourth-order valence-corrected chi connectivity index (χ4v) is 2.16. The van der Waals surface area contributed by atoms with Crippen LogP contribution in [0.2, 0.25) is 0 Å². The van der Waals surface area contributed by atoms with E-state index < -0.39 is 0 Å². The average molecular weight is 237 g/mol. The number of thiazole rings is 1. The third-order valence-corrected chi connectivity index (χ3v) is 3.23. The van der Waals surface area contributed by atoms with Gasteiger partial charge in [0, 0.05) is 24.5 Å². The fourth-order valence-electron chi connectivity index (χ4n) is 1.41. The Morgan fingerprint density at radius 3 is 2.81 bits per heavy atom. The zero-order valence-corrected chi connectivity index (χ0v) is 10.3. The van der Waals surface area contributed by atoms with Gasteiger partial charge in [0.1, 0.15) is 5.76 Å². The van der Waals surface area contributed by atoms with Gasteiger partial charge >= 0.3 is 0 Å². The monoisotopic (exact) mass is 237 g/mol. The summed E-state index contributed by atoms with van der Waals surface area (Å²) < 4.78 is 4.99. The minimum Gasteiger partial charge on any atom is -0.361 e. The molecule has 4 nitrogen and oxygen atoms in total. The normalized spacial score (nSPS) is 10.9. The molecule has 1 N–H and O–H groups in total. The van der Waals surface area contributed by atoms with Crippen molar-refractivity contribution in [3.05, 3.63) is 33.6 Å². The summed E-state index contributed by atoms with van der Waals surface area (Å²) in [5.41, 5.74) is 2.03. The number of hydrogen-bond acceptors (Lipinski definition) is 5. The molecule has 0 saturated carbocycles. The molecule has 86 valence electrons. The van der Waals surface area contributed by atoms with Crippen molar-refractivity contribution in [1.29, 1.82) is 0 Å². The maximum Gasteiger partial charge on any atom is 0.133 e. The van der Waals surface area contributed by atoms with Gasteiger partial charge in [-0.1, -0.05) is 12.1 Å². The second-order valence-corrected chi connectivity index (χ2v) is 4.56. The van der Waals surface area contributed by atoms with Gasteiger partial charge in [-0.3, -0.25) is 0 Å². The summed E-state index contributed by atoms with van der Waals surface area (Å²) in [4.78, 5) is 4.48. The highest BCUT2D eigenvalue weighted by Gasteiger charge is 2.02. The van der Waals surface area contributed by atoms with Crippen LogP contribution in [0.25, 0.3) is 0 Å². The first-order valence-electron chi connectivity index (χ1n) is 5.34. The Hall–Kier alpha value is -1.20. The van der Waals surface area contributed by atoms with Crippen molar-refractivity contribution >= 4 is 11.3 Å². The molecule has 0 unspecified atom stereocenters. The van der Waals surface area contributed by atoms with E-state index in [0.717, 1.165) is 36.7 Å². The second-order valence-electron chi connectivity index (χ2n) is 3.62. The predicted octanol–water partition coefficient (Wildman–Crippen LogP) is 2.29. The average Bonchev–Trinajstić information content (AvgIpc) is 2.88. The highest BCUT2D eigenvalue weighted by atomic mass is 32.1. The van der Waals surface area contributed by atoms with Crippen LogP contribution >= 0.6 is 11.3 Å². The number of hydrogen-bond donors (Lipinski definition) is 1. The summed E-state index contributed by atoms with van der Waals surface area (Å²) >= 11 is 1.71. The van der Waals surface area contributed by atoms with E-state index in [9.17, 15) is 0 Å². The van der Waals surface area contributed by atoms with E-state index in [1.54, 1.807) is 11.3 Å². The molecule has 0 spiro atoms. The maximum atomic E-state index is 4.99. The van der Waals surface area contributed by atoms with Crippen molar-refractivity contribution < 1.29 is 4.52 Å². The number of aryl methyl sites for hydroxylation is 2. The lowest BCUT2D eigenvalue weighted by Crippen LogP contribution is -2.13. The Morgan fingerprint density at radius 2 is 2.19 bits per heavy atom. The number of rotatable bonds is 5. The van der Waals surface area contributed by atoms with Crippen LogP contribution in [-0.4, -0.2) is 10.1 Å². The first-order valence-corrected chi connectivity index (χ1v) is 6.22. The van der Waals surface area contributed by atoms with Gasteiger partial charge in [0.25, 0.3) is 0 Å². The Bertz CT molecular complexity index is 450. The van der Waals surface area contributed by atoms with E-state index in [0.29, 0.717) is 0 Å². The maximum absolute atomic E-state index is 4.99. The van der Waals surface area contributed by atoms with Gasteiger partial charge in [0.15, 0.2) is 0 Å². The Balaban J connectivity index is 1.79. The van der Waals surface area contributed by atoms with E-state index in [4.69, 9.17) is 4.52 Å². The van der Waals surface area contributed by atoms with E-state index >= 15 is 0 Å². The van der Waals surface area contributed by atoms with Crippen LogP contribution in [0.5, 0.6) is 0 Å². The SMILES string of the molecule is CCc1nc(CNCc2cc(C)on2)cs1. The van der Waals surface area contributed by atoms with Crippen LogP contribution < -0.4 is 5.32 Å². The first kappa shape index (κ1) is 11.3. The lowest BCUT2D eigenvalue weighted by atomic mass is 10.3. The van der Waals surface area contributed by atoms with E-state index in [-0.39, 0.29) is 0 Å². The van der Waals surface area contributed by atoms with Crippen molar-refractivity contribution in [2.24, 2.45) is 0 Å². The second kappa shape index (κ2) is 5.23. The minimum atomic E-state index is 0.719. The molecule has 0 aromatic carbocycles. The third kappa shape index (κ3) is 2.90. The molecular formula is C11H15N3OS. The molecule has 16 heavy (non-hydrogen) atoms. The molecule has 0 bridgehead atoms. The van der Waals surface area contributed by atoms with Gasteiger partial charge in [0.05, 0.1) is 16.4 Å². The molecule has 0 fully saturated rings. The standard InChI is InChI=1S/C11H15N3OS/c1-3-11-13-10(7-16-11)6-12-5-9-4-8(2)15-14-9/h4,7,12H,3,5-6H2,1-2H3. The molecule has 0 aliphatic carbocycles. The first-order chi connectivity index (χ1) is 7.78. The number of aromatic nitrogens is 2. The molecule has 2 aromatic heterocycles. The summed E-state index contributed by atoms with van der Waals surface area (Å²) in [5, 5.41) is 10.5. The molecule has 5 heteroatoms. The molecule has 2 aromatic rings. The van der Waals surface area contributed by atoms with Crippen LogP contribution in [0.1, 0.15) is 29.1 Å². The molecule has 0 saturated heterocycles. The smallest absolute Gasteiger partial charge is 0.133 e. The van der Waals surface area contributed by atoms with Crippen molar-refractivity contribution in [2.45, 2.75) is 33.4 Å². The van der Waals surface area contributed by atoms with Crippen LogP contribution in [-0.2, 0) is 19.5 Å². The number of nitrogens with one attached hydrogen (secondary N) is 1. The molecule has 0 radical (unpaired) electrons. The molecule has 2 heterocycles. The summed E-state index contributed by atoms with van der Waals surface area (Å²) in [6.45, 7) is 5.51. The Kier molecular flexibility index (Phi) is 3.69. The van der Waals surface area contributed by atoms with Crippen LogP contribution in [0, 0.1) is 6.92 Å². The van der Waals surface area contributed by atoms with Gasteiger partial charge < -0.3 is 9.84 Å². The van der Waals surface area contributed by atoms with E-state index in [1.165, 1.54) is 5.01 Å². The summed E-state index contributed by atoms with van der Waals surface area (Å²) in [7, 11) is 0. The van der Waals surface area contributed by atoms with Gasteiger partial charge in [-0.2, -0.15) is 0 Å². The van der Waals surface area contributed by atoms with Crippen molar-refractivity contribution in [1.82, 2.24) is 15.5 Å². The Morgan fingerprint density at radius 1 is 1.38 bits per heavy atom. The zero-order valence-electron chi connectivity index (χ0n) is 9.49. The number of nitrogens with zero attached hydrogens (tertiary/aromatic N) is 2. The van der Waals surface area contributed by atoms with Gasteiger partial charge in [-0.05, 0) is 13.3 Å². The van der Waals surface area contributed by atoms with Crippen molar-refractivity contribution in [3.8, 4) is 0 Å². The largest absolute Gasteiger partial charge is 0.361 e. The van der Waals surface area contributed by atoms with Crippen LogP contribution in [0.4, 0.5) is 0 Å². The lowest BCUT2D eigenvalue weighted by Gasteiger charge is -1.98. The summed E-state index contributed by atoms with van der Waals surface area (Å²) in [6, 6.07) is 1.94. The summed E-state index contributed by atoms with van der Waals surface area (Å²) in [6.07, 6.45) is 1.01. The molecule has 0 aliphatic rings. The van der Waals surface area contributed by atoms with Gasteiger partial charge in [-0.15, -0.1) is 11.3 Å².